The topological polar surface area (TPSA) is 20.2 Å². The Hall–Kier alpha value is -0.0800. The van der Waals surface area contributed by atoms with Crippen LogP contribution in [0.3, 0.4) is 0 Å². The quantitative estimate of drug-likeness (QED) is 0.598. The molecule has 1 unspecified atom stereocenters. The molecule has 0 amide bonds. The van der Waals surface area contributed by atoms with Crippen molar-refractivity contribution >= 4 is 15.9 Å². The second-order valence-corrected chi connectivity index (χ2v) is 5.14. The molecule has 0 saturated heterocycles. The van der Waals surface area contributed by atoms with Crippen molar-refractivity contribution in [2.24, 2.45) is 11.8 Å². The minimum atomic E-state index is -0.691. The molecule has 0 bridgehead atoms. The van der Waals surface area contributed by atoms with Gasteiger partial charge in [0.25, 0.3) is 0 Å². The van der Waals surface area contributed by atoms with E-state index in [9.17, 15) is 5.11 Å². The fraction of sp³-hybridized carbons (Fsp3) is 0.636. The molecule has 2 heteroatoms. The molecule has 1 saturated carbocycles. The van der Waals surface area contributed by atoms with Crippen LogP contribution in [0.4, 0.5) is 0 Å². The van der Waals surface area contributed by atoms with Crippen LogP contribution in [0.1, 0.15) is 19.8 Å². The van der Waals surface area contributed by atoms with Crippen molar-refractivity contribution in [1.82, 2.24) is 0 Å². The van der Waals surface area contributed by atoms with Crippen molar-refractivity contribution in [3.8, 4) is 0 Å². The zero-order valence-corrected chi connectivity index (χ0v) is 9.63. The summed E-state index contributed by atoms with van der Waals surface area (Å²) in [6, 6.07) is 0. The zero-order chi connectivity index (χ0) is 10.1. The van der Waals surface area contributed by atoms with Crippen molar-refractivity contribution in [1.29, 1.82) is 0 Å². The van der Waals surface area contributed by atoms with Crippen LogP contribution in [-0.4, -0.2) is 15.5 Å². The highest BCUT2D eigenvalue weighted by molar-refractivity contribution is 9.09. The van der Waals surface area contributed by atoms with Crippen molar-refractivity contribution in [2.75, 3.05) is 0 Å². The molecule has 0 radical (unpaired) electrons. The highest BCUT2D eigenvalue weighted by Gasteiger charge is 2.48. The first-order valence-electron chi connectivity index (χ1n) is 4.68. The van der Waals surface area contributed by atoms with Gasteiger partial charge in [0.2, 0.25) is 0 Å². The SMILES string of the molecule is C=C[C@@H]1CC[C@@H](C=C)C1(O)C(C)Br. The second kappa shape index (κ2) is 3.97. The predicted octanol–water partition coefficient (Wildman–Crippen LogP) is 2.90. The molecule has 1 aliphatic rings. The first-order valence-corrected chi connectivity index (χ1v) is 5.60. The summed E-state index contributed by atoms with van der Waals surface area (Å²) in [5, 5.41) is 10.5. The number of hydrogen-bond donors (Lipinski definition) is 1. The van der Waals surface area contributed by atoms with E-state index in [0.29, 0.717) is 0 Å². The summed E-state index contributed by atoms with van der Waals surface area (Å²) in [7, 11) is 0. The highest BCUT2D eigenvalue weighted by Crippen LogP contribution is 2.46. The molecule has 0 aromatic heterocycles. The lowest BCUT2D eigenvalue weighted by Gasteiger charge is -2.35. The van der Waals surface area contributed by atoms with Crippen LogP contribution < -0.4 is 0 Å². The number of alkyl halides is 1. The smallest absolute Gasteiger partial charge is 0.0893 e. The third kappa shape index (κ3) is 1.62. The lowest BCUT2D eigenvalue weighted by atomic mass is 9.82. The zero-order valence-electron chi connectivity index (χ0n) is 8.04. The molecule has 0 aromatic carbocycles. The highest BCUT2D eigenvalue weighted by atomic mass is 79.9. The second-order valence-electron chi connectivity index (χ2n) is 3.77. The van der Waals surface area contributed by atoms with Crippen LogP contribution in [0, 0.1) is 11.8 Å². The van der Waals surface area contributed by atoms with Crippen molar-refractivity contribution in [2.45, 2.75) is 30.2 Å². The fourth-order valence-electron chi connectivity index (χ4n) is 2.30. The maximum Gasteiger partial charge on any atom is 0.0893 e. The Bertz CT molecular complexity index is 194. The molecular weight excluding hydrogens is 228 g/mol. The van der Waals surface area contributed by atoms with Gasteiger partial charge in [-0.15, -0.1) is 13.2 Å². The summed E-state index contributed by atoms with van der Waals surface area (Å²) in [6.45, 7) is 9.53. The Morgan fingerprint density at radius 3 is 2.00 bits per heavy atom. The molecule has 1 fully saturated rings. The predicted molar refractivity (Wildman–Crippen MR) is 59.9 cm³/mol. The van der Waals surface area contributed by atoms with E-state index < -0.39 is 5.60 Å². The van der Waals surface area contributed by atoms with Crippen LogP contribution in [0.25, 0.3) is 0 Å². The molecule has 1 N–H and O–H groups in total. The average molecular weight is 245 g/mol. The summed E-state index contributed by atoms with van der Waals surface area (Å²) in [5.74, 6) is 0.370. The van der Waals surface area contributed by atoms with Crippen molar-refractivity contribution < 1.29 is 5.11 Å². The molecule has 1 aliphatic carbocycles. The minimum Gasteiger partial charge on any atom is -0.388 e. The first kappa shape index (κ1) is 11.0. The lowest BCUT2D eigenvalue weighted by molar-refractivity contribution is -0.00301. The Morgan fingerprint density at radius 2 is 1.77 bits per heavy atom. The van der Waals surface area contributed by atoms with E-state index in [1.807, 2.05) is 19.1 Å². The van der Waals surface area contributed by atoms with Crippen LogP contribution in [0.2, 0.25) is 0 Å². The average Bonchev–Trinajstić information content (AvgIpc) is 2.43. The largest absolute Gasteiger partial charge is 0.388 e. The van der Waals surface area contributed by atoms with Gasteiger partial charge in [-0.1, -0.05) is 28.1 Å². The summed E-state index contributed by atoms with van der Waals surface area (Å²) < 4.78 is 0. The number of rotatable bonds is 3. The number of halogens is 1. The molecule has 0 aliphatic heterocycles. The van der Waals surface area contributed by atoms with Crippen molar-refractivity contribution in [3.63, 3.8) is 0 Å². The molecule has 0 spiro atoms. The van der Waals surface area contributed by atoms with Crippen LogP contribution in [0.5, 0.6) is 0 Å². The van der Waals surface area contributed by atoms with Gasteiger partial charge in [-0.3, -0.25) is 0 Å². The van der Waals surface area contributed by atoms with Crippen molar-refractivity contribution in [3.05, 3.63) is 25.3 Å². The normalized spacial score (nSPS) is 34.1. The molecule has 3 atom stereocenters. The lowest BCUT2D eigenvalue weighted by Crippen LogP contribution is -2.45. The van der Waals surface area contributed by atoms with E-state index in [0.717, 1.165) is 12.8 Å². The van der Waals surface area contributed by atoms with Gasteiger partial charge in [0, 0.05) is 16.7 Å². The molecule has 1 rings (SSSR count). The Kier molecular flexibility index (Phi) is 3.36. The van der Waals surface area contributed by atoms with Gasteiger partial charge in [0.15, 0.2) is 0 Å². The third-order valence-corrected chi connectivity index (χ3v) is 3.92. The molecule has 1 nitrogen and oxygen atoms in total. The minimum absolute atomic E-state index is 0.0773. The molecule has 13 heavy (non-hydrogen) atoms. The van der Waals surface area contributed by atoms with Crippen LogP contribution in [0.15, 0.2) is 25.3 Å². The van der Waals surface area contributed by atoms with E-state index in [4.69, 9.17) is 0 Å². The Morgan fingerprint density at radius 1 is 1.38 bits per heavy atom. The van der Waals surface area contributed by atoms with Gasteiger partial charge < -0.3 is 5.11 Å². The maximum absolute atomic E-state index is 10.5. The van der Waals surface area contributed by atoms with Crippen LogP contribution in [-0.2, 0) is 0 Å². The standard InChI is InChI=1S/C11H17BrO/c1-4-9-6-7-10(5-2)11(9,13)8(3)12/h4-5,8-10,13H,1-2,6-7H2,3H3/t8?,9-,10-/m1/s1. The van der Waals surface area contributed by atoms with E-state index in [1.54, 1.807) is 0 Å². The maximum atomic E-state index is 10.5. The van der Waals surface area contributed by atoms with Gasteiger partial charge >= 0.3 is 0 Å². The van der Waals surface area contributed by atoms with E-state index >= 15 is 0 Å². The van der Waals surface area contributed by atoms with E-state index in [-0.39, 0.29) is 16.7 Å². The summed E-state index contributed by atoms with van der Waals surface area (Å²) in [6.07, 6.45) is 5.74. The monoisotopic (exact) mass is 244 g/mol. The number of hydrogen-bond acceptors (Lipinski definition) is 1. The molecule has 0 heterocycles. The first-order chi connectivity index (χ1) is 6.07. The van der Waals surface area contributed by atoms with Gasteiger partial charge in [-0.2, -0.15) is 0 Å². The Balaban J connectivity index is 2.96. The molecule has 74 valence electrons. The third-order valence-electron chi connectivity index (χ3n) is 3.18. The van der Waals surface area contributed by atoms with Gasteiger partial charge in [-0.25, -0.2) is 0 Å². The summed E-state index contributed by atoms with van der Waals surface area (Å²) >= 11 is 3.47. The summed E-state index contributed by atoms with van der Waals surface area (Å²) in [4.78, 5) is 0.0773. The Labute approximate surface area is 88.7 Å². The van der Waals surface area contributed by atoms with Crippen LogP contribution >= 0.6 is 15.9 Å². The van der Waals surface area contributed by atoms with E-state index in [1.165, 1.54) is 0 Å². The van der Waals surface area contributed by atoms with Gasteiger partial charge in [0.05, 0.1) is 5.60 Å². The number of aliphatic hydroxyl groups is 1. The van der Waals surface area contributed by atoms with E-state index in [2.05, 4.69) is 29.1 Å². The fourth-order valence-corrected chi connectivity index (χ4v) is 2.98. The summed E-state index contributed by atoms with van der Waals surface area (Å²) in [5.41, 5.74) is -0.691. The van der Waals surface area contributed by atoms with Gasteiger partial charge in [-0.05, 0) is 19.8 Å². The molecular formula is C11H17BrO. The molecule has 0 aromatic rings. The van der Waals surface area contributed by atoms with Gasteiger partial charge in [0.1, 0.15) is 0 Å².